The second kappa shape index (κ2) is 5.03. The van der Waals surface area contributed by atoms with Crippen molar-refractivity contribution in [3.8, 4) is 0 Å². The van der Waals surface area contributed by atoms with E-state index in [1.165, 1.54) is 5.56 Å². The quantitative estimate of drug-likeness (QED) is 0.840. The molecule has 3 N–H and O–H groups in total. The van der Waals surface area contributed by atoms with Crippen molar-refractivity contribution in [2.24, 2.45) is 0 Å². The normalized spacial score (nSPS) is 10.1. The second-order valence-electron chi connectivity index (χ2n) is 3.57. The van der Waals surface area contributed by atoms with Gasteiger partial charge in [0.1, 0.15) is 0 Å². The van der Waals surface area contributed by atoms with Crippen LogP contribution in [0.15, 0.2) is 53.0 Å². The van der Waals surface area contributed by atoms with Crippen molar-refractivity contribution in [3.05, 3.63) is 58.6 Å². The third kappa shape index (κ3) is 2.76. The summed E-state index contributed by atoms with van der Waals surface area (Å²) in [7, 11) is 0. The van der Waals surface area contributed by atoms with E-state index in [4.69, 9.17) is 5.73 Å². The fourth-order valence-electron chi connectivity index (χ4n) is 1.50. The van der Waals surface area contributed by atoms with Gasteiger partial charge in [-0.1, -0.05) is 40.2 Å². The smallest absolute Gasteiger partial charge is 0.0576 e. The number of para-hydroxylation sites is 2. The van der Waals surface area contributed by atoms with Gasteiger partial charge in [-0.3, -0.25) is 0 Å². The predicted octanol–water partition coefficient (Wildman–Crippen LogP) is 3.64. The Hall–Kier alpha value is -1.48. The lowest BCUT2D eigenvalue weighted by molar-refractivity contribution is 1.15. The molecule has 0 heterocycles. The number of nitrogen functional groups attached to an aromatic ring is 1. The van der Waals surface area contributed by atoms with Gasteiger partial charge in [-0.05, 0) is 29.8 Å². The topological polar surface area (TPSA) is 38.0 Å². The molecule has 2 aromatic carbocycles. The number of hydrogen-bond donors (Lipinski definition) is 2. The molecule has 0 saturated heterocycles. The first-order valence-electron chi connectivity index (χ1n) is 5.08. The summed E-state index contributed by atoms with van der Waals surface area (Å²) < 4.78 is 1.09. The van der Waals surface area contributed by atoms with E-state index in [9.17, 15) is 0 Å². The van der Waals surface area contributed by atoms with E-state index in [1.54, 1.807) is 0 Å². The van der Waals surface area contributed by atoms with Crippen molar-refractivity contribution in [1.82, 2.24) is 0 Å². The van der Waals surface area contributed by atoms with Crippen molar-refractivity contribution in [2.45, 2.75) is 6.54 Å². The first-order chi connectivity index (χ1) is 7.75. The Kier molecular flexibility index (Phi) is 3.47. The second-order valence-corrected chi connectivity index (χ2v) is 4.49. The molecule has 2 aromatic rings. The van der Waals surface area contributed by atoms with Gasteiger partial charge in [-0.2, -0.15) is 0 Å². The van der Waals surface area contributed by atoms with E-state index in [0.29, 0.717) is 0 Å². The molecule has 0 aliphatic rings. The molecule has 0 spiro atoms. The zero-order valence-corrected chi connectivity index (χ0v) is 10.4. The van der Waals surface area contributed by atoms with Crippen molar-refractivity contribution < 1.29 is 0 Å². The highest BCUT2D eigenvalue weighted by molar-refractivity contribution is 9.10. The molecule has 3 heteroatoms. The van der Waals surface area contributed by atoms with E-state index in [1.807, 2.05) is 36.4 Å². The van der Waals surface area contributed by atoms with Gasteiger partial charge in [0.05, 0.1) is 11.4 Å². The molecule has 0 radical (unpaired) electrons. The Morgan fingerprint density at radius 2 is 1.88 bits per heavy atom. The van der Waals surface area contributed by atoms with Crippen LogP contribution in [-0.2, 0) is 6.54 Å². The fourth-order valence-corrected chi connectivity index (χ4v) is 1.95. The van der Waals surface area contributed by atoms with Crippen LogP contribution in [0.2, 0.25) is 0 Å². The van der Waals surface area contributed by atoms with Gasteiger partial charge >= 0.3 is 0 Å². The van der Waals surface area contributed by atoms with Crippen molar-refractivity contribution in [3.63, 3.8) is 0 Å². The molecule has 2 rings (SSSR count). The molecule has 2 nitrogen and oxygen atoms in total. The van der Waals surface area contributed by atoms with Crippen LogP contribution in [0.25, 0.3) is 0 Å². The fraction of sp³-hybridized carbons (Fsp3) is 0.0769. The molecule has 0 aromatic heterocycles. The number of anilines is 2. The van der Waals surface area contributed by atoms with Gasteiger partial charge < -0.3 is 11.1 Å². The lowest BCUT2D eigenvalue weighted by atomic mass is 10.2. The van der Waals surface area contributed by atoms with Crippen LogP contribution in [0.5, 0.6) is 0 Å². The zero-order valence-electron chi connectivity index (χ0n) is 8.78. The van der Waals surface area contributed by atoms with Gasteiger partial charge in [0.25, 0.3) is 0 Å². The number of rotatable bonds is 3. The van der Waals surface area contributed by atoms with Crippen LogP contribution in [-0.4, -0.2) is 0 Å². The molecule has 0 aliphatic carbocycles. The van der Waals surface area contributed by atoms with Crippen LogP contribution < -0.4 is 11.1 Å². The Labute approximate surface area is 104 Å². The molecular weight excluding hydrogens is 264 g/mol. The third-order valence-electron chi connectivity index (χ3n) is 2.33. The Morgan fingerprint density at radius 3 is 2.62 bits per heavy atom. The highest BCUT2D eigenvalue weighted by Gasteiger charge is 1.97. The highest BCUT2D eigenvalue weighted by Crippen LogP contribution is 2.18. The third-order valence-corrected chi connectivity index (χ3v) is 2.83. The van der Waals surface area contributed by atoms with Gasteiger partial charge in [-0.15, -0.1) is 0 Å². The largest absolute Gasteiger partial charge is 0.397 e. The molecule has 0 aliphatic heterocycles. The summed E-state index contributed by atoms with van der Waals surface area (Å²) >= 11 is 3.45. The minimum Gasteiger partial charge on any atom is -0.397 e. The van der Waals surface area contributed by atoms with Gasteiger partial charge in [-0.25, -0.2) is 0 Å². The van der Waals surface area contributed by atoms with Gasteiger partial charge in [0.15, 0.2) is 0 Å². The number of benzene rings is 2. The van der Waals surface area contributed by atoms with Crippen LogP contribution in [0.1, 0.15) is 5.56 Å². The van der Waals surface area contributed by atoms with Crippen LogP contribution in [0.4, 0.5) is 11.4 Å². The number of nitrogens with one attached hydrogen (secondary N) is 1. The molecule has 0 unspecified atom stereocenters. The average Bonchev–Trinajstić information content (AvgIpc) is 2.28. The predicted molar refractivity (Wildman–Crippen MR) is 72.3 cm³/mol. The summed E-state index contributed by atoms with van der Waals surface area (Å²) in [5.41, 5.74) is 8.81. The summed E-state index contributed by atoms with van der Waals surface area (Å²) in [4.78, 5) is 0. The highest BCUT2D eigenvalue weighted by atomic mass is 79.9. The Balaban J connectivity index is 2.05. The summed E-state index contributed by atoms with van der Waals surface area (Å²) in [6.45, 7) is 0.771. The van der Waals surface area contributed by atoms with E-state index < -0.39 is 0 Å². The summed E-state index contributed by atoms with van der Waals surface area (Å²) in [6, 6.07) is 16.0. The van der Waals surface area contributed by atoms with E-state index in [2.05, 4.69) is 33.4 Å². The van der Waals surface area contributed by atoms with E-state index in [0.717, 1.165) is 22.4 Å². The van der Waals surface area contributed by atoms with Crippen LogP contribution in [0.3, 0.4) is 0 Å². The first-order valence-corrected chi connectivity index (χ1v) is 5.88. The van der Waals surface area contributed by atoms with Crippen molar-refractivity contribution in [2.75, 3.05) is 11.1 Å². The lowest BCUT2D eigenvalue weighted by Gasteiger charge is -2.09. The molecule has 0 saturated carbocycles. The summed E-state index contributed by atoms with van der Waals surface area (Å²) in [5, 5.41) is 3.31. The standard InChI is InChI=1S/C13H13BrN2/c14-11-5-3-4-10(8-11)9-16-13-7-2-1-6-12(13)15/h1-8,16H,9,15H2. The molecule has 0 amide bonds. The van der Waals surface area contributed by atoms with Crippen molar-refractivity contribution >= 4 is 27.3 Å². The minimum absolute atomic E-state index is 0.771. The summed E-state index contributed by atoms with van der Waals surface area (Å²) in [6.07, 6.45) is 0. The molecule has 0 bridgehead atoms. The average molecular weight is 277 g/mol. The number of nitrogens with two attached hydrogens (primary N) is 1. The SMILES string of the molecule is Nc1ccccc1NCc1cccc(Br)c1. The van der Waals surface area contributed by atoms with E-state index >= 15 is 0 Å². The Bertz CT molecular complexity index is 483. The van der Waals surface area contributed by atoms with Crippen LogP contribution >= 0.6 is 15.9 Å². The minimum atomic E-state index is 0.771. The summed E-state index contributed by atoms with van der Waals surface area (Å²) in [5.74, 6) is 0. The van der Waals surface area contributed by atoms with Crippen LogP contribution in [0, 0.1) is 0 Å². The zero-order chi connectivity index (χ0) is 11.4. The van der Waals surface area contributed by atoms with Gasteiger partial charge in [0, 0.05) is 11.0 Å². The number of halogens is 1. The monoisotopic (exact) mass is 276 g/mol. The molecule has 82 valence electrons. The molecular formula is C13H13BrN2. The molecule has 16 heavy (non-hydrogen) atoms. The molecule has 0 atom stereocenters. The number of hydrogen-bond acceptors (Lipinski definition) is 2. The molecule has 0 fully saturated rings. The maximum Gasteiger partial charge on any atom is 0.0576 e. The van der Waals surface area contributed by atoms with E-state index in [-0.39, 0.29) is 0 Å². The maximum atomic E-state index is 5.84. The van der Waals surface area contributed by atoms with Gasteiger partial charge in [0.2, 0.25) is 0 Å². The van der Waals surface area contributed by atoms with Crippen molar-refractivity contribution in [1.29, 1.82) is 0 Å². The Morgan fingerprint density at radius 1 is 1.06 bits per heavy atom. The first kappa shape index (κ1) is 11.0. The lowest BCUT2D eigenvalue weighted by Crippen LogP contribution is -2.01. The maximum absolute atomic E-state index is 5.84.